The third kappa shape index (κ3) is 5.26. The maximum atomic E-state index is 4.13. The van der Waals surface area contributed by atoms with E-state index in [1.165, 1.54) is 0 Å². The van der Waals surface area contributed by atoms with Crippen LogP contribution < -0.4 is 0 Å². The minimum absolute atomic E-state index is 0. The number of rotatable bonds is 2. The van der Waals surface area contributed by atoms with Crippen LogP contribution in [0.4, 0.5) is 0 Å². The number of nitrogens with zero attached hydrogens (tertiary/aromatic N) is 2. The molecule has 0 amide bonds. The second-order valence-corrected chi connectivity index (χ2v) is 5.35. The van der Waals surface area contributed by atoms with Crippen molar-refractivity contribution in [2.24, 2.45) is 0 Å². The molecule has 0 radical (unpaired) electrons. The molecule has 124 valence electrons. The largest absolute Gasteiger partial charge is 2.00 e. The fraction of sp³-hybridized carbons (Fsp3) is 0.100. The molecule has 2 N–H and O–H groups in total. The molecule has 0 spiro atoms. The van der Waals surface area contributed by atoms with Gasteiger partial charge in [0, 0.05) is 17.6 Å². The monoisotopic (exact) mass is 498 g/mol. The summed E-state index contributed by atoms with van der Waals surface area (Å²) < 4.78 is 0. The second kappa shape index (κ2) is 9.14. The molecule has 0 aliphatic heterocycles. The zero-order valence-corrected chi connectivity index (χ0v) is 17.0. The summed E-state index contributed by atoms with van der Waals surface area (Å²) in [6.45, 7) is 3.88. The Hall–Kier alpha value is -2.45. The first-order valence-electron chi connectivity index (χ1n) is 7.68. The number of imidazole rings is 2. The van der Waals surface area contributed by atoms with E-state index < -0.39 is 0 Å². The molecular weight excluding hydrogens is 480 g/mol. The molecule has 0 saturated heterocycles. The minimum Gasteiger partial charge on any atom is -0.353 e. The van der Waals surface area contributed by atoms with Gasteiger partial charge in [-0.3, -0.25) is 0 Å². The summed E-state index contributed by atoms with van der Waals surface area (Å²) in [6.07, 6.45) is 3.67. The standard InChI is InChI=1S/2C10H9N2.W/c2*1-8-11-7-10(12-8)9-5-3-2-4-6-9;/h3-7H,1H3,(H,11,12);2-3,5-7H,1H3,(H,11,12);/q2*-1;+2. The Bertz CT molecular complexity index is 806. The first-order chi connectivity index (χ1) is 11.7. The van der Waals surface area contributed by atoms with Gasteiger partial charge < -0.3 is 9.97 Å². The van der Waals surface area contributed by atoms with Gasteiger partial charge >= 0.3 is 21.1 Å². The van der Waals surface area contributed by atoms with Gasteiger partial charge in [0.2, 0.25) is 0 Å². The van der Waals surface area contributed by atoms with Crippen molar-refractivity contribution in [1.29, 1.82) is 0 Å². The number of aryl methyl sites for hydroxylation is 2. The Morgan fingerprint density at radius 3 is 1.84 bits per heavy atom. The van der Waals surface area contributed by atoms with Gasteiger partial charge in [-0.15, -0.1) is 11.1 Å². The van der Waals surface area contributed by atoms with E-state index >= 15 is 0 Å². The molecular formula is C20H18N4W. The summed E-state index contributed by atoms with van der Waals surface area (Å²) >= 11 is 0. The van der Waals surface area contributed by atoms with Crippen molar-refractivity contribution in [3.8, 4) is 22.5 Å². The number of hydrogen-bond acceptors (Lipinski definition) is 2. The first kappa shape index (κ1) is 18.9. The molecule has 2 aromatic carbocycles. The van der Waals surface area contributed by atoms with Gasteiger partial charge in [-0.1, -0.05) is 0 Å². The van der Waals surface area contributed by atoms with Crippen LogP contribution in [0.15, 0.2) is 60.9 Å². The van der Waals surface area contributed by atoms with Crippen molar-refractivity contribution >= 4 is 0 Å². The number of H-pyrrole nitrogens is 2. The first-order valence-corrected chi connectivity index (χ1v) is 7.68. The summed E-state index contributed by atoms with van der Waals surface area (Å²) in [6, 6.07) is 21.6. The van der Waals surface area contributed by atoms with Gasteiger partial charge in [0.15, 0.2) is 0 Å². The maximum absolute atomic E-state index is 4.13. The van der Waals surface area contributed by atoms with Crippen LogP contribution in [-0.4, -0.2) is 19.9 Å². The molecule has 0 aliphatic rings. The Morgan fingerprint density at radius 2 is 1.36 bits per heavy atom. The molecule has 2 heterocycles. The fourth-order valence-electron chi connectivity index (χ4n) is 2.26. The van der Waals surface area contributed by atoms with Gasteiger partial charge in [-0.05, 0) is 13.8 Å². The fourth-order valence-corrected chi connectivity index (χ4v) is 2.26. The van der Waals surface area contributed by atoms with Crippen molar-refractivity contribution < 1.29 is 21.1 Å². The third-order valence-electron chi connectivity index (χ3n) is 3.45. The number of nitrogens with one attached hydrogen (secondary N) is 2. The van der Waals surface area contributed by atoms with Crippen molar-refractivity contribution in [2.45, 2.75) is 13.8 Å². The molecule has 2 aromatic heterocycles. The molecule has 0 bridgehead atoms. The van der Waals surface area contributed by atoms with Crippen molar-refractivity contribution in [3.63, 3.8) is 0 Å². The van der Waals surface area contributed by atoms with Crippen molar-refractivity contribution in [1.82, 2.24) is 19.9 Å². The minimum atomic E-state index is 0. The summed E-state index contributed by atoms with van der Waals surface area (Å²) in [5.41, 5.74) is 4.37. The number of aromatic nitrogens is 4. The molecule has 25 heavy (non-hydrogen) atoms. The van der Waals surface area contributed by atoms with Gasteiger partial charge in [0.05, 0.1) is 6.20 Å². The van der Waals surface area contributed by atoms with E-state index in [0.29, 0.717) is 0 Å². The normalized spacial score (nSPS) is 9.68. The van der Waals surface area contributed by atoms with Crippen LogP contribution >= 0.6 is 0 Å². The topological polar surface area (TPSA) is 57.4 Å². The average Bonchev–Trinajstić information content (AvgIpc) is 3.26. The van der Waals surface area contributed by atoms with Crippen LogP contribution in [-0.2, 0) is 21.1 Å². The predicted octanol–water partition coefficient (Wildman–Crippen LogP) is 4.37. The molecule has 5 heteroatoms. The predicted molar refractivity (Wildman–Crippen MR) is 95.2 cm³/mol. The Labute approximate surface area is 162 Å². The van der Waals surface area contributed by atoms with Crippen LogP contribution in [0.1, 0.15) is 11.6 Å². The van der Waals surface area contributed by atoms with E-state index in [0.717, 1.165) is 34.2 Å². The molecule has 0 atom stereocenters. The zero-order chi connectivity index (χ0) is 16.8. The molecule has 4 rings (SSSR count). The van der Waals surface area contributed by atoms with Crippen LogP contribution in [0, 0.1) is 26.0 Å². The average molecular weight is 498 g/mol. The summed E-state index contributed by atoms with van der Waals surface area (Å²) in [5.74, 6) is 1.88. The van der Waals surface area contributed by atoms with E-state index in [4.69, 9.17) is 0 Å². The van der Waals surface area contributed by atoms with Crippen LogP contribution in [0.2, 0.25) is 0 Å². The van der Waals surface area contributed by atoms with Gasteiger partial charge in [-0.2, -0.15) is 60.7 Å². The molecule has 0 unspecified atom stereocenters. The van der Waals surface area contributed by atoms with E-state index in [-0.39, 0.29) is 21.1 Å². The van der Waals surface area contributed by atoms with Gasteiger partial charge in [0.25, 0.3) is 0 Å². The maximum Gasteiger partial charge on any atom is 2.00 e. The molecule has 0 aliphatic carbocycles. The van der Waals surface area contributed by atoms with E-state index in [2.05, 4.69) is 32.1 Å². The Kier molecular flexibility index (Phi) is 6.90. The second-order valence-electron chi connectivity index (χ2n) is 5.35. The van der Waals surface area contributed by atoms with Crippen LogP contribution in [0.3, 0.4) is 0 Å². The summed E-state index contributed by atoms with van der Waals surface area (Å²) in [4.78, 5) is 14.6. The van der Waals surface area contributed by atoms with E-state index in [1.807, 2.05) is 74.8 Å². The number of benzene rings is 2. The van der Waals surface area contributed by atoms with Crippen molar-refractivity contribution in [3.05, 3.63) is 84.7 Å². The molecule has 0 saturated carbocycles. The third-order valence-corrected chi connectivity index (χ3v) is 3.45. The zero-order valence-electron chi connectivity index (χ0n) is 14.1. The summed E-state index contributed by atoms with van der Waals surface area (Å²) in [7, 11) is 0. The van der Waals surface area contributed by atoms with Gasteiger partial charge in [0.1, 0.15) is 11.6 Å². The number of hydrogen-bond donors (Lipinski definition) is 2. The Balaban J connectivity index is 0.000000173. The van der Waals surface area contributed by atoms with Crippen LogP contribution in [0.25, 0.3) is 22.5 Å². The smallest absolute Gasteiger partial charge is 0.353 e. The van der Waals surface area contributed by atoms with Crippen LogP contribution in [0.5, 0.6) is 0 Å². The van der Waals surface area contributed by atoms with E-state index in [9.17, 15) is 0 Å². The van der Waals surface area contributed by atoms with Gasteiger partial charge in [-0.25, -0.2) is 9.97 Å². The SMILES string of the molecule is Cc1ncc(-c2c[c-]ccc2)[nH]1.Cc1ncc(-c2cc[c-]cc2)[nH]1.[W+2]. The molecule has 4 aromatic rings. The molecule has 4 nitrogen and oxygen atoms in total. The summed E-state index contributed by atoms with van der Waals surface area (Å²) in [5, 5.41) is 0. The quantitative estimate of drug-likeness (QED) is 0.404. The molecule has 0 fully saturated rings. The van der Waals surface area contributed by atoms with E-state index in [1.54, 1.807) is 0 Å². The van der Waals surface area contributed by atoms with Crippen molar-refractivity contribution in [2.75, 3.05) is 0 Å². The number of aromatic amines is 2. The Morgan fingerprint density at radius 1 is 0.760 bits per heavy atom.